The minimum atomic E-state index is -0.0440. The Morgan fingerprint density at radius 1 is 1.70 bits per heavy atom. The van der Waals surface area contributed by atoms with Crippen LogP contribution in [0, 0.1) is 12.3 Å². The molecule has 0 aromatic heterocycles. The Balaban J connectivity index is 2.73. The highest BCUT2D eigenvalue weighted by Gasteiger charge is 2.30. The molecule has 3 heteroatoms. The maximum absolute atomic E-state index is 11.0. The van der Waals surface area contributed by atoms with Gasteiger partial charge in [0.15, 0.2) is 0 Å². The van der Waals surface area contributed by atoms with Crippen LogP contribution in [-0.4, -0.2) is 42.5 Å². The van der Waals surface area contributed by atoms with Crippen molar-refractivity contribution in [2.24, 2.45) is 0 Å². The highest BCUT2D eigenvalue weighted by molar-refractivity contribution is 5.77. The largest absolute Gasteiger partial charge is 0.325 e. The number of carbonyl (C=O) groups is 1. The van der Waals surface area contributed by atoms with Crippen molar-refractivity contribution >= 4 is 6.03 Å². The lowest BCUT2D eigenvalue weighted by Crippen LogP contribution is -2.29. The van der Waals surface area contributed by atoms with E-state index in [0.717, 1.165) is 0 Å². The van der Waals surface area contributed by atoms with Crippen LogP contribution in [0.15, 0.2) is 0 Å². The molecule has 0 spiro atoms. The molecule has 3 nitrogen and oxygen atoms in total. The summed E-state index contributed by atoms with van der Waals surface area (Å²) >= 11 is 0. The summed E-state index contributed by atoms with van der Waals surface area (Å²) in [5, 5.41) is 0. The topological polar surface area (TPSA) is 23.6 Å². The number of hydrogen-bond acceptors (Lipinski definition) is 1. The molecule has 0 aromatic carbocycles. The zero-order valence-corrected chi connectivity index (χ0v) is 6.16. The molecule has 1 aliphatic rings. The van der Waals surface area contributed by atoms with E-state index in [4.69, 9.17) is 6.42 Å². The zero-order valence-electron chi connectivity index (χ0n) is 6.16. The standard InChI is InChI=1S/C7H10N2O/c1-4-6-5-8(2)7(10)9(6)3/h1,6H,5H2,2-3H3. The molecule has 54 valence electrons. The van der Waals surface area contributed by atoms with E-state index in [-0.39, 0.29) is 12.1 Å². The van der Waals surface area contributed by atoms with E-state index >= 15 is 0 Å². The van der Waals surface area contributed by atoms with Gasteiger partial charge in [-0.1, -0.05) is 5.92 Å². The first-order valence-corrected chi connectivity index (χ1v) is 3.11. The number of terminal acetylenes is 1. The quantitative estimate of drug-likeness (QED) is 0.432. The van der Waals surface area contributed by atoms with Gasteiger partial charge in [-0.3, -0.25) is 0 Å². The minimum Gasteiger partial charge on any atom is -0.325 e. The van der Waals surface area contributed by atoms with Gasteiger partial charge in [-0.2, -0.15) is 0 Å². The molecule has 0 aliphatic carbocycles. The number of amides is 2. The summed E-state index contributed by atoms with van der Waals surface area (Å²) < 4.78 is 0. The van der Waals surface area contributed by atoms with Crippen molar-refractivity contribution in [3.05, 3.63) is 0 Å². The van der Waals surface area contributed by atoms with Gasteiger partial charge in [0, 0.05) is 14.1 Å². The van der Waals surface area contributed by atoms with Crippen LogP contribution < -0.4 is 0 Å². The Labute approximate surface area is 60.6 Å². The summed E-state index contributed by atoms with van der Waals surface area (Å²) in [6.45, 7) is 0.645. The first-order valence-electron chi connectivity index (χ1n) is 3.11. The molecular formula is C7H10N2O. The molecule has 0 saturated carbocycles. The number of urea groups is 1. The fourth-order valence-electron chi connectivity index (χ4n) is 1.03. The number of likely N-dealkylation sites (N-methyl/N-ethyl adjacent to an activating group) is 2. The van der Waals surface area contributed by atoms with E-state index < -0.39 is 0 Å². The number of rotatable bonds is 0. The lowest BCUT2D eigenvalue weighted by Gasteiger charge is -2.10. The van der Waals surface area contributed by atoms with Crippen molar-refractivity contribution in [2.75, 3.05) is 20.6 Å². The van der Waals surface area contributed by atoms with E-state index in [1.54, 1.807) is 23.9 Å². The Morgan fingerprint density at radius 3 is 2.50 bits per heavy atom. The maximum Gasteiger partial charge on any atom is 0.320 e. The minimum absolute atomic E-state index is 0.00273. The van der Waals surface area contributed by atoms with Crippen molar-refractivity contribution in [1.82, 2.24) is 9.80 Å². The van der Waals surface area contributed by atoms with Crippen LogP contribution in [0.2, 0.25) is 0 Å². The predicted molar refractivity (Wildman–Crippen MR) is 38.4 cm³/mol. The van der Waals surface area contributed by atoms with Crippen molar-refractivity contribution < 1.29 is 4.79 Å². The summed E-state index contributed by atoms with van der Waals surface area (Å²) in [5.74, 6) is 2.54. The van der Waals surface area contributed by atoms with Gasteiger partial charge >= 0.3 is 6.03 Å². The summed E-state index contributed by atoms with van der Waals surface area (Å²) in [6, 6.07) is -0.0413. The smallest absolute Gasteiger partial charge is 0.320 e. The Bertz CT molecular complexity index is 194. The maximum atomic E-state index is 11.0. The zero-order chi connectivity index (χ0) is 7.72. The van der Waals surface area contributed by atoms with Crippen LogP contribution >= 0.6 is 0 Å². The van der Waals surface area contributed by atoms with E-state index in [2.05, 4.69) is 5.92 Å². The predicted octanol–water partition coefficient (Wildman–Crippen LogP) is -0.0146. The van der Waals surface area contributed by atoms with E-state index in [1.807, 2.05) is 0 Å². The molecule has 1 unspecified atom stereocenters. The molecule has 1 heterocycles. The molecule has 0 radical (unpaired) electrons. The van der Waals surface area contributed by atoms with Gasteiger partial charge < -0.3 is 9.80 Å². The van der Waals surface area contributed by atoms with E-state index in [0.29, 0.717) is 6.54 Å². The average Bonchev–Trinajstić information content (AvgIpc) is 2.17. The van der Waals surface area contributed by atoms with E-state index in [1.165, 1.54) is 0 Å². The summed E-state index contributed by atoms with van der Waals surface area (Å²) in [7, 11) is 3.46. The Morgan fingerprint density at radius 2 is 2.30 bits per heavy atom. The number of carbonyl (C=O) groups excluding carboxylic acids is 1. The van der Waals surface area contributed by atoms with Crippen LogP contribution in [-0.2, 0) is 0 Å². The van der Waals surface area contributed by atoms with Crippen molar-refractivity contribution in [1.29, 1.82) is 0 Å². The summed E-state index contributed by atoms with van der Waals surface area (Å²) in [6.07, 6.45) is 5.18. The van der Waals surface area contributed by atoms with Crippen LogP contribution in [0.4, 0.5) is 4.79 Å². The Kier molecular flexibility index (Phi) is 1.54. The first-order chi connectivity index (χ1) is 4.66. The van der Waals surface area contributed by atoms with Gasteiger partial charge in [0.1, 0.15) is 6.04 Å². The van der Waals surface area contributed by atoms with Gasteiger partial charge in [0.25, 0.3) is 0 Å². The molecule has 1 saturated heterocycles. The molecule has 0 aromatic rings. The molecular weight excluding hydrogens is 128 g/mol. The fraction of sp³-hybridized carbons (Fsp3) is 0.571. The molecule has 1 aliphatic heterocycles. The number of nitrogens with zero attached hydrogens (tertiary/aromatic N) is 2. The third kappa shape index (κ3) is 0.820. The van der Waals surface area contributed by atoms with Crippen LogP contribution in [0.5, 0.6) is 0 Å². The Hall–Kier alpha value is -1.17. The first kappa shape index (κ1) is 6.94. The van der Waals surface area contributed by atoms with Crippen molar-refractivity contribution in [2.45, 2.75) is 6.04 Å². The van der Waals surface area contributed by atoms with Gasteiger partial charge in [-0.25, -0.2) is 4.79 Å². The second-order valence-electron chi connectivity index (χ2n) is 2.46. The normalized spacial score (nSPS) is 25.3. The second kappa shape index (κ2) is 2.22. The number of hydrogen-bond donors (Lipinski definition) is 0. The third-order valence-corrected chi connectivity index (χ3v) is 1.73. The van der Waals surface area contributed by atoms with Gasteiger partial charge in [0.2, 0.25) is 0 Å². The van der Waals surface area contributed by atoms with Crippen LogP contribution in [0.1, 0.15) is 0 Å². The average molecular weight is 138 g/mol. The lowest BCUT2D eigenvalue weighted by molar-refractivity contribution is 0.204. The van der Waals surface area contributed by atoms with Crippen molar-refractivity contribution in [3.8, 4) is 12.3 Å². The van der Waals surface area contributed by atoms with Gasteiger partial charge in [-0.15, -0.1) is 6.42 Å². The lowest BCUT2D eigenvalue weighted by atomic mass is 10.3. The van der Waals surface area contributed by atoms with Crippen LogP contribution in [0.25, 0.3) is 0 Å². The van der Waals surface area contributed by atoms with Crippen molar-refractivity contribution in [3.63, 3.8) is 0 Å². The molecule has 0 N–H and O–H groups in total. The SMILES string of the molecule is C#CC1CN(C)C(=O)N1C. The van der Waals surface area contributed by atoms with Gasteiger partial charge in [-0.05, 0) is 0 Å². The molecule has 10 heavy (non-hydrogen) atoms. The summed E-state index contributed by atoms with van der Waals surface area (Å²) in [4.78, 5) is 14.2. The molecule has 0 bridgehead atoms. The molecule has 1 rings (SSSR count). The highest BCUT2D eigenvalue weighted by Crippen LogP contribution is 2.09. The molecule has 1 fully saturated rings. The van der Waals surface area contributed by atoms with Crippen LogP contribution in [0.3, 0.4) is 0 Å². The highest BCUT2D eigenvalue weighted by atomic mass is 16.2. The molecule has 2 amide bonds. The summed E-state index contributed by atoms with van der Waals surface area (Å²) in [5.41, 5.74) is 0. The molecule has 1 atom stereocenters. The third-order valence-electron chi connectivity index (χ3n) is 1.73. The fourth-order valence-corrected chi connectivity index (χ4v) is 1.03. The second-order valence-corrected chi connectivity index (χ2v) is 2.46. The van der Waals surface area contributed by atoms with E-state index in [9.17, 15) is 4.79 Å². The van der Waals surface area contributed by atoms with Gasteiger partial charge in [0.05, 0.1) is 6.54 Å². The monoisotopic (exact) mass is 138 g/mol.